The molecule has 1 amide bonds. The summed E-state index contributed by atoms with van der Waals surface area (Å²) in [5, 5.41) is 10.1. The molecule has 0 saturated heterocycles. The Kier molecular flexibility index (Phi) is 3.87. The lowest BCUT2D eigenvalue weighted by Gasteiger charge is -2.34. The van der Waals surface area contributed by atoms with Crippen LogP contribution in [0.25, 0.3) is 0 Å². The molecule has 1 N–H and O–H groups in total. The fraction of sp³-hybridized carbons (Fsp3) is 0.500. The average molecular weight is 328 g/mol. The number of nitrogens with zero attached hydrogens (tertiary/aromatic N) is 1. The third-order valence-electron chi connectivity index (χ3n) is 2.91. The van der Waals surface area contributed by atoms with Crippen LogP contribution in [0.1, 0.15) is 38.0 Å². The second-order valence-electron chi connectivity index (χ2n) is 5.68. The Balaban J connectivity index is 2.21. The highest BCUT2D eigenvalue weighted by molar-refractivity contribution is 9.10. The first kappa shape index (κ1) is 14.3. The summed E-state index contributed by atoms with van der Waals surface area (Å²) in [5.74, 6) is 0. The number of ether oxygens (including phenoxy) is 1. The number of hydrogen-bond donors (Lipinski definition) is 1. The summed E-state index contributed by atoms with van der Waals surface area (Å²) in [6.45, 7) is 6.19. The predicted molar refractivity (Wildman–Crippen MR) is 75.7 cm³/mol. The van der Waals surface area contributed by atoms with Crippen molar-refractivity contribution >= 4 is 22.0 Å². The van der Waals surface area contributed by atoms with Crippen molar-refractivity contribution in [2.45, 2.75) is 39.0 Å². The Morgan fingerprint density at radius 3 is 2.79 bits per heavy atom. The summed E-state index contributed by atoms with van der Waals surface area (Å²) in [7, 11) is 0. The van der Waals surface area contributed by atoms with Gasteiger partial charge in [0.25, 0.3) is 0 Å². The Labute approximate surface area is 121 Å². The number of β-amino-alcohol motifs (C(OH)–C–C–N with tert-alkyl or cyclic N) is 1. The molecule has 0 spiro atoms. The highest BCUT2D eigenvalue weighted by Crippen LogP contribution is 2.32. The molecule has 0 aromatic heterocycles. The van der Waals surface area contributed by atoms with Crippen LogP contribution in [-0.2, 0) is 11.3 Å². The highest BCUT2D eigenvalue weighted by atomic mass is 79.9. The molecular weight excluding hydrogens is 310 g/mol. The largest absolute Gasteiger partial charge is 0.444 e. The minimum atomic E-state index is -0.672. The molecule has 0 radical (unpaired) electrons. The normalized spacial score (nSPS) is 19.0. The Bertz CT molecular complexity index is 496. The summed E-state index contributed by atoms with van der Waals surface area (Å²) in [4.78, 5) is 13.6. The molecule has 0 aliphatic carbocycles. The van der Waals surface area contributed by atoms with Gasteiger partial charge in [-0.05, 0) is 38.0 Å². The second-order valence-corrected chi connectivity index (χ2v) is 6.54. The van der Waals surface area contributed by atoms with Crippen molar-refractivity contribution in [1.82, 2.24) is 4.90 Å². The first-order valence-electron chi connectivity index (χ1n) is 6.21. The maximum atomic E-state index is 12.1. The molecule has 1 aromatic carbocycles. The van der Waals surface area contributed by atoms with Crippen LogP contribution >= 0.6 is 15.9 Å². The van der Waals surface area contributed by atoms with Crippen molar-refractivity contribution in [3.05, 3.63) is 33.8 Å². The van der Waals surface area contributed by atoms with E-state index in [1.54, 1.807) is 0 Å². The molecular formula is C14H18BrNO3. The lowest BCUT2D eigenvalue weighted by molar-refractivity contribution is 0.00819. The summed E-state index contributed by atoms with van der Waals surface area (Å²) >= 11 is 3.46. The fourth-order valence-corrected chi connectivity index (χ4v) is 2.59. The molecule has 0 saturated carbocycles. The molecule has 5 heteroatoms. The number of amides is 1. The van der Waals surface area contributed by atoms with Crippen LogP contribution in [0.3, 0.4) is 0 Å². The van der Waals surface area contributed by atoms with Crippen LogP contribution in [0.2, 0.25) is 0 Å². The van der Waals surface area contributed by atoms with Crippen molar-refractivity contribution in [3.8, 4) is 0 Å². The topological polar surface area (TPSA) is 49.8 Å². The first-order valence-corrected chi connectivity index (χ1v) is 7.00. The number of carbonyl (C=O) groups excluding carboxylic acids is 1. The monoisotopic (exact) mass is 327 g/mol. The van der Waals surface area contributed by atoms with E-state index in [-0.39, 0.29) is 6.54 Å². The van der Waals surface area contributed by atoms with E-state index in [2.05, 4.69) is 15.9 Å². The maximum absolute atomic E-state index is 12.1. The number of fused-ring (bicyclic) bond motifs is 1. The zero-order valence-corrected chi connectivity index (χ0v) is 12.9. The van der Waals surface area contributed by atoms with Gasteiger partial charge in [0.15, 0.2) is 0 Å². The third kappa shape index (κ3) is 3.28. The average Bonchev–Trinajstić information content (AvgIpc) is 2.28. The van der Waals surface area contributed by atoms with Crippen molar-refractivity contribution in [2.75, 3.05) is 6.54 Å². The summed E-state index contributed by atoms with van der Waals surface area (Å²) in [6, 6.07) is 5.68. The van der Waals surface area contributed by atoms with Gasteiger partial charge in [-0.25, -0.2) is 4.79 Å². The van der Waals surface area contributed by atoms with E-state index in [4.69, 9.17) is 4.74 Å². The highest BCUT2D eigenvalue weighted by Gasteiger charge is 2.30. The standard InChI is InChI=1S/C14H18BrNO3/c1-14(2,3)19-13(18)16-7-10-9(12(17)8-16)5-4-6-11(10)15/h4-6,12,17H,7-8H2,1-3H3/t12-/m1/s1. The molecule has 1 aliphatic heterocycles. The molecule has 1 heterocycles. The maximum Gasteiger partial charge on any atom is 0.410 e. The zero-order valence-electron chi connectivity index (χ0n) is 11.3. The van der Waals surface area contributed by atoms with Gasteiger partial charge in [0.1, 0.15) is 5.60 Å². The van der Waals surface area contributed by atoms with Gasteiger partial charge in [-0.15, -0.1) is 0 Å². The van der Waals surface area contributed by atoms with E-state index in [0.29, 0.717) is 6.54 Å². The molecule has 4 nitrogen and oxygen atoms in total. The first-order chi connectivity index (χ1) is 8.78. The van der Waals surface area contributed by atoms with Gasteiger partial charge in [-0.2, -0.15) is 0 Å². The summed E-state index contributed by atoms with van der Waals surface area (Å²) in [5.41, 5.74) is 1.28. The number of rotatable bonds is 0. The van der Waals surface area contributed by atoms with Gasteiger partial charge >= 0.3 is 6.09 Å². The van der Waals surface area contributed by atoms with E-state index >= 15 is 0 Å². The molecule has 1 aromatic rings. The molecule has 1 atom stereocenters. The van der Waals surface area contributed by atoms with Crippen LogP contribution in [0, 0.1) is 0 Å². The summed E-state index contributed by atoms with van der Waals surface area (Å²) in [6.07, 6.45) is -1.07. The number of aliphatic hydroxyl groups is 1. The summed E-state index contributed by atoms with van der Waals surface area (Å²) < 4.78 is 6.24. The van der Waals surface area contributed by atoms with Gasteiger partial charge in [0, 0.05) is 4.47 Å². The number of halogens is 1. The second kappa shape index (κ2) is 5.13. The smallest absolute Gasteiger partial charge is 0.410 e. The molecule has 0 bridgehead atoms. The van der Waals surface area contributed by atoms with Gasteiger partial charge in [0.05, 0.1) is 19.2 Å². The van der Waals surface area contributed by atoms with Gasteiger partial charge in [-0.1, -0.05) is 28.1 Å². The van der Waals surface area contributed by atoms with Gasteiger partial charge in [0.2, 0.25) is 0 Å². The molecule has 1 aliphatic rings. The Hall–Kier alpha value is -1.07. The number of aliphatic hydroxyl groups excluding tert-OH is 1. The van der Waals surface area contributed by atoms with E-state index in [1.165, 1.54) is 4.90 Å². The number of benzene rings is 1. The van der Waals surface area contributed by atoms with Crippen LogP contribution in [0.4, 0.5) is 4.79 Å². The van der Waals surface area contributed by atoms with Crippen molar-refractivity contribution < 1.29 is 14.6 Å². The van der Waals surface area contributed by atoms with E-state index in [0.717, 1.165) is 15.6 Å². The zero-order chi connectivity index (χ0) is 14.2. The van der Waals surface area contributed by atoms with Crippen molar-refractivity contribution in [1.29, 1.82) is 0 Å². The van der Waals surface area contributed by atoms with E-state index in [1.807, 2.05) is 39.0 Å². The Morgan fingerprint density at radius 2 is 2.16 bits per heavy atom. The van der Waals surface area contributed by atoms with Crippen molar-refractivity contribution in [2.24, 2.45) is 0 Å². The van der Waals surface area contributed by atoms with Crippen LogP contribution in [-0.4, -0.2) is 28.2 Å². The predicted octanol–water partition coefficient (Wildman–Crippen LogP) is 3.23. The van der Waals surface area contributed by atoms with Gasteiger partial charge < -0.3 is 14.7 Å². The lowest BCUT2D eigenvalue weighted by atomic mass is 9.98. The van der Waals surface area contributed by atoms with E-state index < -0.39 is 17.8 Å². The minimum Gasteiger partial charge on any atom is -0.444 e. The van der Waals surface area contributed by atoms with Crippen molar-refractivity contribution in [3.63, 3.8) is 0 Å². The van der Waals surface area contributed by atoms with E-state index in [9.17, 15) is 9.90 Å². The number of hydrogen-bond acceptors (Lipinski definition) is 3. The number of carbonyl (C=O) groups is 1. The Morgan fingerprint density at radius 1 is 1.47 bits per heavy atom. The molecule has 0 unspecified atom stereocenters. The quantitative estimate of drug-likeness (QED) is 0.795. The molecule has 19 heavy (non-hydrogen) atoms. The molecule has 2 rings (SSSR count). The minimum absolute atomic E-state index is 0.262. The van der Waals surface area contributed by atoms with Crippen LogP contribution in [0.15, 0.2) is 22.7 Å². The SMILES string of the molecule is CC(C)(C)OC(=O)N1Cc2c(Br)cccc2[C@H](O)C1. The molecule has 0 fully saturated rings. The van der Waals surface area contributed by atoms with Crippen LogP contribution in [0.5, 0.6) is 0 Å². The van der Waals surface area contributed by atoms with Gasteiger partial charge in [-0.3, -0.25) is 0 Å². The fourth-order valence-electron chi connectivity index (χ4n) is 2.08. The third-order valence-corrected chi connectivity index (χ3v) is 3.65. The lowest BCUT2D eigenvalue weighted by Crippen LogP contribution is -2.41. The van der Waals surface area contributed by atoms with Crippen LogP contribution < -0.4 is 0 Å². The molecule has 104 valence electrons.